The third-order valence-corrected chi connectivity index (χ3v) is 4.81. The van der Waals surface area contributed by atoms with Gasteiger partial charge in [-0.2, -0.15) is 11.3 Å². The standard InChI is InChI=1S/C10H17BO2S.C6H14O2/c1-2-3-4-5-6-9-7-8-14-10(9)11(12)13;1-5(2,7)6(3,4)8/h7-8,12-13H,2-6H2,1H3;7-8H,1-4H3. The Morgan fingerprint density at radius 2 is 1.55 bits per heavy atom. The molecule has 6 heteroatoms. The Hall–Kier alpha value is -0.395. The maximum absolute atomic E-state index is 9.10. The van der Waals surface area contributed by atoms with Crippen molar-refractivity contribution in [3.63, 3.8) is 0 Å². The lowest BCUT2D eigenvalue weighted by Crippen LogP contribution is -2.44. The first-order valence-electron chi connectivity index (χ1n) is 7.87. The third-order valence-electron chi connectivity index (χ3n) is 3.81. The number of aryl methyl sites for hydroxylation is 1. The van der Waals surface area contributed by atoms with Crippen LogP contribution in [0.3, 0.4) is 0 Å². The Balaban J connectivity index is 0.000000472. The molecule has 4 N–H and O–H groups in total. The Bertz CT molecular complexity index is 393. The van der Waals surface area contributed by atoms with Crippen LogP contribution in [-0.4, -0.2) is 38.6 Å². The van der Waals surface area contributed by atoms with Crippen molar-refractivity contribution in [3.8, 4) is 0 Å². The van der Waals surface area contributed by atoms with Gasteiger partial charge in [0.2, 0.25) is 0 Å². The van der Waals surface area contributed by atoms with Crippen molar-refractivity contribution in [3.05, 3.63) is 17.0 Å². The monoisotopic (exact) mass is 330 g/mol. The largest absolute Gasteiger partial charge is 0.499 e. The van der Waals surface area contributed by atoms with Crippen molar-refractivity contribution in [2.75, 3.05) is 0 Å². The van der Waals surface area contributed by atoms with Gasteiger partial charge in [-0.3, -0.25) is 0 Å². The highest BCUT2D eigenvalue weighted by Gasteiger charge is 2.31. The quantitative estimate of drug-likeness (QED) is 0.456. The molecular formula is C16H31BO4S. The zero-order valence-electron chi connectivity index (χ0n) is 14.5. The van der Waals surface area contributed by atoms with E-state index in [0.29, 0.717) is 4.78 Å². The van der Waals surface area contributed by atoms with E-state index in [2.05, 4.69) is 6.92 Å². The Morgan fingerprint density at radius 1 is 1.00 bits per heavy atom. The van der Waals surface area contributed by atoms with Gasteiger partial charge in [0.15, 0.2) is 0 Å². The topological polar surface area (TPSA) is 80.9 Å². The molecule has 0 atom stereocenters. The molecule has 0 aliphatic carbocycles. The molecule has 0 aromatic carbocycles. The molecule has 1 aromatic rings. The van der Waals surface area contributed by atoms with Crippen molar-refractivity contribution >= 4 is 23.2 Å². The maximum Gasteiger partial charge on any atom is 0.499 e. The highest BCUT2D eigenvalue weighted by atomic mass is 32.1. The molecular weight excluding hydrogens is 299 g/mol. The second-order valence-electron chi connectivity index (χ2n) is 6.61. The van der Waals surface area contributed by atoms with Gasteiger partial charge >= 0.3 is 7.12 Å². The summed E-state index contributed by atoms with van der Waals surface area (Å²) in [5.74, 6) is 0. The van der Waals surface area contributed by atoms with E-state index in [9.17, 15) is 0 Å². The summed E-state index contributed by atoms with van der Waals surface area (Å²) < 4.78 is 0.710. The molecule has 1 rings (SSSR count). The first kappa shape index (κ1) is 21.6. The number of aliphatic hydroxyl groups is 2. The second kappa shape index (κ2) is 9.68. The molecule has 1 aromatic heterocycles. The zero-order valence-corrected chi connectivity index (χ0v) is 15.3. The smallest absolute Gasteiger partial charge is 0.423 e. The molecule has 0 saturated heterocycles. The van der Waals surface area contributed by atoms with Gasteiger partial charge < -0.3 is 20.3 Å². The number of unbranched alkanes of at least 4 members (excludes halogenated alkanes) is 3. The van der Waals surface area contributed by atoms with Gasteiger partial charge in [0.25, 0.3) is 0 Å². The molecule has 0 aliphatic rings. The molecule has 4 nitrogen and oxygen atoms in total. The van der Waals surface area contributed by atoms with Crippen LogP contribution < -0.4 is 4.78 Å². The minimum Gasteiger partial charge on any atom is -0.423 e. The van der Waals surface area contributed by atoms with Crippen LogP contribution in [0.25, 0.3) is 0 Å². The maximum atomic E-state index is 9.10. The lowest BCUT2D eigenvalue weighted by molar-refractivity contribution is -0.107. The van der Waals surface area contributed by atoms with Crippen LogP contribution in [0.4, 0.5) is 0 Å². The summed E-state index contributed by atoms with van der Waals surface area (Å²) in [4.78, 5) is 0. The van der Waals surface area contributed by atoms with Crippen LogP contribution in [0.2, 0.25) is 0 Å². The highest BCUT2D eigenvalue weighted by Crippen LogP contribution is 2.19. The van der Waals surface area contributed by atoms with Gasteiger partial charge in [0.05, 0.1) is 11.2 Å². The minimum absolute atomic E-state index is 0.710. The summed E-state index contributed by atoms with van der Waals surface area (Å²) in [6.07, 6.45) is 5.84. The Kier molecular flexibility index (Phi) is 9.50. The molecule has 0 unspecified atom stereocenters. The minimum atomic E-state index is -1.30. The van der Waals surface area contributed by atoms with Crippen molar-refractivity contribution in [2.24, 2.45) is 0 Å². The molecule has 1 heterocycles. The van der Waals surface area contributed by atoms with E-state index >= 15 is 0 Å². The second-order valence-corrected chi connectivity index (χ2v) is 7.56. The van der Waals surface area contributed by atoms with Crippen LogP contribution in [0, 0.1) is 0 Å². The first-order chi connectivity index (χ1) is 10.0. The normalized spacial score (nSPS) is 11.9. The summed E-state index contributed by atoms with van der Waals surface area (Å²) in [6.45, 7) is 8.49. The van der Waals surface area contributed by atoms with Crippen LogP contribution in [-0.2, 0) is 6.42 Å². The zero-order chi connectivity index (χ0) is 17.4. The lowest BCUT2D eigenvalue weighted by atomic mass is 9.85. The fourth-order valence-corrected chi connectivity index (χ4v) is 2.34. The highest BCUT2D eigenvalue weighted by molar-refractivity contribution is 7.20. The third kappa shape index (κ3) is 8.29. The molecule has 128 valence electrons. The van der Waals surface area contributed by atoms with Crippen molar-refractivity contribution in [1.29, 1.82) is 0 Å². The van der Waals surface area contributed by atoms with Gasteiger partial charge in [-0.25, -0.2) is 0 Å². The molecule has 0 amide bonds. The van der Waals surface area contributed by atoms with Crippen LogP contribution in [0.5, 0.6) is 0 Å². The molecule has 0 bridgehead atoms. The van der Waals surface area contributed by atoms with E-state index in [1.54, 1.807) is 27.7 Å². The first-order valence-corrected chi connectivity index (χ1v) is 8.75. The molecule has 0 spiro atoms. The van der Waals surface area contributed by atoms with Crippen molar-refractivity contribution in [1.82, 2.24) is 0 Å². The SMILES string of the molecule is CC(C)(O)C(C)(C)O.CCCCCCc1ccsc1B(O)O. The van der Waals surface area contributed by atoms with Gasteiger partial charge in [-0.05, 0) is 57.5 Å². The fraction of sp³-hybridized carbons (Fsp3) is 0.750. The van der Waals surface area contributed by atoms with Crippen LogP contribution in [0.15, 0.2) is 11.4 Å². The van der Waals surface area contributed by atoms with Gasteiger partial charge in [-0.1, -0.05) is 26.2 Å². The number of hydrogen-bond donors (Lipinski definition) is 4. The predicted molar refractivity (Wildman–Crippen MR) is 94.6 cm³/mol. The van der Waals surface area contributed by atoms with E-state index in [-0.39, 0.29) is 0 Å². The molecule has 0 fully saturated rings. The summed E-state index contributed by atoms with van der Waals surface area (Å²) in [7, 11) is -1.30. The van der Waals surface area contributed by atoms with Gasteiger partial charge in [-0.15, -0.1) is 0 Å². The number of hydrogen-bond acceptors (Lipinski definition) is 5. The van der Waals surface area contributed by atoms with E-state index < -0.39 is 18.3 Å². The molecule has 0 aliphatic heterocycles. The number of rotatable bonds is 7. The summed E-state index contributed by atoms with van der Waals surface area (Å²) >= 11 is 1.42. The van der Waals surface area contributed by atoms with Crippen LogP contribution >= 0.6 is 11.3 Å². The van der Waals surface area contributed by atoms with Crippen molar-refractivity contribution in [2.45, 2.75) is 77.9 Å². The average Bonchev–Trinajstić information content (AvgIpc) is 2.81. The van der Waals surface area contributed by atoms with Crippen molar-refractivity contribution < 1.29 is 20.3 Å². The van der Waals surface area contributed by atoms with E-state index in [1.807, 2.05) is 11.4 Å². The Morgan fingerprint density at radius 3 is 1.95 bits per heavy atom. The van der Waals surface area contributed by atoms with Gasteiger partial charge in [0.1, 0.15) is 0 Å². The summed E-state index contributed by atoms with van der Waals surface area (Å²) in [6, 6.07) is 1.99. The van der Waals surface area contributed by atoms with Crippen LogP contribution in [0.1, 0.15) is 65.9 Å². The Labute approximate surface area is 139 Å². The van der Waals surface area contributed by atoms with E-state index in [0.717, 1.165) is 18.4 Å². The summed E-state index contributed by atoms with van der Waals surface area (Å²) in [5, 5.41) is 38.3. The predicted octanol–water partition coefficient (Wildman–Crippen LogP) is 2.08. The molecule has 22 heavy (non-hydrogen) atoms. The van der Waals surface area contributed by atoms with E-state index in [1.165, 1.54) is 30.6 Å². The fourth-order valence-electron chi connectivity index (χ4n) is 1.52. The molecule has 0 radical (unpaired) electrons. The van der Waals surface area contributed by atoms with E-state index in [4.69, 9.17) is 20.3 Å². The molecule has 0 saturated carbocycles. The van der Waals surface area contributed by atoms with Gasteiger partial charge in [0, 0.05) is 4.78 Å². The lowest BCUT2D eigenvalue weighted by Gasteiger charge is -2.31. The average molecular weight is 330 g/mol. The summed E-state index contributed by atoms with van der Waals surface area (Å²) in [5.41, 5.74) is -0.916. The number of thiophene rings is 1.